The van der Waals surface area contributed by atoms with E-state index in [1.54, 1.807) is 11.0 Å². The van der Waals surface area contributed by atoms with Crippen LogP contribution in [0.4, 0.5) is 0 Å². The van der Waals surface area contributed by atoms with E-state index >= 15 is 0 Å². The molecule has 1 N–H and O–H groups in total. The summed E-state index contributed by atoms with van der Waals surface area (Å²) in [7, 11) is 1.92. The Morgan fingerprint density at radius 2 is 2.19 bits per heavy atom. The van der Waals surface area contributed by atoms with Crippen molar-refractivity contribution in [3.63, 3.8) is 0 Å². The van der Waals surface area contributed by atoms with Crippen molar-refractivity contribution in [3.05, 3.63) is 41.3 Å². The average Bonchev–Trinajstić information content (AvgIpc) is 3.32. The van der Waals surface area contributed by atoms with Crippen LogP contribution in [0.25, 0.3) is 11.0 Å². The highest BCUT2D eigenvalue weighted by atomic mass is 16.5. The van der Waals surface area contributed by atoms with Gasteiger partial charge in [0, 0.05) is 32.0 Å². The molecule has 0 bridgehead atoms. The summed E-state index contributed by atoms with van der Waals surface area (Å²) in [5.41, 5.74) is 2.30. The monoisotopic (exact) mass is 355 g/mol. The van der Waals surface area contributed by atoms with Crippen molar-refractivity contribution in [1.82, 2.24) is 24.6 Å². The van der Waals surface area contributed by atoms with E-state index in [4.69, 9.17) is 4.52 Å². The first-order valence-corrected chi connectivity index (χ1v) is 8.72. The van der Waals surface area contributed by atoms with E-state index in [0.29, 0.717) is 30.1 Å². The minimum absolute atomic E-state index is 0.163. The van der Waals surface area contributed by atoms with Crippen molar-refractivity contribution in [2.75, 3.05) is 6.54 Å². The zero-order chi connectivity index (χ0) is 18.4. The van der Waals surface area contributed by atoms with E-state index in [-0.39, 0.29) is 12.5 Å². The zero-order valence-electron chi connectivity index (χ0n) is 15.0. The van der Waals surface area contributed by atoms with Crippen LogP contribution < -0.4 is 0 Å². The van der Waals surface area contributed by atoms with E-state index < -0.39 is 12.1 Å². The molecule has 8 nitrogen and oxygen atoms in total. The van der Waals surface area contributed by atoms with E-state index in [0.717, 1.165) is 16.9 Å². The van der Waals surface area contributed by atoms with Crippen molar-refractivity contribution >= 4 is 16.9 Å². The van der Waals surface area contributed by atoms with Crippen molar-refractivity contribution in [2.24, 2.45) is 7.05 Å². The molecule has 1 fully saturated rings. The number of aryl methyl sites for hydroxylation is 3. The SMILES string of the molecule is CCc1noc([C@H]2C[C@H](O)CN2C(=O)c2ccc3nc(C)n(C)c3c2)n1. The molecule has 1 aliphatic rings. The number of rotatable bonds is 3. The van der Waals surface area contributed by atoms with Gasteiger partial charge in [-0.15, -0.1) is 0 Å². The Labute approximate surface area is 150 Å². The molecule has 4 rings (SSSR count). The third-order valence-electron chi connectivity index (χ3n) is 4.98. The van der Waals surface area contributed by atoms with Gasteiger partial charge in [0.1, 0.15) is 11.9 Å². The Morgan fingerprint density at radius 3 is 2.92 bits per heavy atom. The number of hydrogen-bond donors (Lipinski definition) is 1. The number of nitrogens with zero attached hydrogens (tertiary/aromatic N) is 5. The molecule has 2 atom stereocenters. The van der Waals surface area contributed by atoms with Crippen LogP contribution in [0.3, 0.4) is 0 Å². The third kappa shape index (κ3) is 2.66. The molecule has 3 heterocycles. The van der Waals surface area contributed by atoms with Crippen molar-refractivity contribution in [1.29, 1.82) is 0 Å². The van der Waals surface area contributed by atoms with Gasteiger partial charge in [-0.05, 0) is 25.1 Å². The first kappa shape index (κ1) is 16.7. The van der Waals surface area contributed by atoms with Crippen LogP contribution in [0.1, 0.15) is 47.3 Å². The normalized spacial score (nSPS) is 20.2. The fourth-order valence-electron chi connectivity index (χ4n) is 3.43. The number of aromatic nitrogens is 4. The second-order valence-corrected chi connectivity index (χ2v) is 6.69. The molecular weight excluding hydrogens is 334 g/mol. The van der Waals surface area contributed by atoms with Crippen LogP contribution in [0.15, 0.2) is 22.7 Å². The first-order chi connectivity index (χ1) is 12.5. The average molecular weight is 355 g/mol. The number of imidazole rings is 1. The summed E-state index contributed by atoms with van der Waals surface area (Å²) in [4.78, 5) is 23.5. The van der Waals surface area contributed by atoms with E-state index in [2.05, 4.69) is 15.1 Å². The predicted molar refractivity (Wildman–Crippen MR) is 93.5 cm³/mol. The standard InChI is InChI=1S/C18H21N5O3/c1-4-16-20-17(26-21-16)15-8-12(24)9-23(15)18(25)11-5-6-13-14(7-11)22(3)10(2)19-13/h5-7,12,15,24H,4,8-9H2,1-3H3/t12-,15+/m0/s1. The van der Waals surface area contributed by atoms with E-state index in [1.165, 1.54) is 0 Å². The Bertz CT molecular complexity index is 977. The summed E-state index contributed by atoms with van der Waals surface area (Å²) < 4.78 is 7.27. The second-order valence-electron chi connectivity index (χ2n) is 6.69. The lowest BCUT2D eigenvalue weighted by atomic mass is 10.1. The van der Waals surface area contributed by atoms with Crippen molar-refractivity contribution in [3.8, 4) is 0 Å². The lowest BCUT2D eigenvalue weighted by molar-refractivity contribution is 0.0693. The molecule has 1 amide bonds. The number of hydrogen-bond acceptors (Lipinski definition) is 6. The van der Waals surface area contributed by atoms with Crippen LogP contribution in [0, 0.1) is 6.92 Å². The molecule has 8 heteroatoms. The summed E-state index contributed by atoms with van der Waals surface area (Å²) in [5.74, 6) is 1.70. The molecule has 1 saturated heterocycles. The van der Waals surface area contributed by atoms with Crippen LogP contribution in [0.2, 0.25) is 0 Å². The van der Waals surface area contributed by atoms with Crippen LogP contribution in [-0.2, 0) is 13.5 Å². The number of likely N-dealkylation sites (tertiary alicyclic amines) is 1. The zero-order valence-corrected chi connectivity index (χ0v) is 15.0. The minimum atomic E-state index is -0.608. The fourth-order valence-corrected chi connectivity index (χ4v) is 3.43. The highest BCUT2D eigenvalue weighted by Gasteiger charge is 2.39. The molecule has 0 saturated carbocycles. The van der Waals surface area contributed by atoms with Gasteiger partial charge < -0.3 is 19.1 Å². The van der Waals surface area contributed by atoms with Crippen LogP contribution in [0.5, 0.6) is 0 Å². The number of aliphatic hydroxyl groups excluding tert-OH is 1. The Kier molecular flexibility index (Phi) is 3.99. The van der Waals surface area contributed by atoms with E-state index in [1.807, 2.05) is 37.6 Å². The summed E-state index contributed by atoms with van der Waals surface area (Å²) in [6, 6.07) is 5.04. The number of carbonyl (C=O) groups excluding carboxylic acids is 1. The molecule has 26 heavy (non-hydrogen) atoms. The van der Waals surface area contributed by atoms with Crippen LogP contribution >= 0.6 is 0 Å². The number of β-amino-alcohol motifs (C(OH)–C–C–N with tert-alkyl or cyclic N) is 1. The molecule has 136 valence electrons. The highest BCUT2D eigenvalue weighted by molar-refractivity contribution is 5.97. The molecule has 1 aromatic carbocycles. The van der Waals surface area contributed by atoms with Gasteiger partial charge in [0.25, 0.3) is 5.91 Å². The third-order valence-corrected chi connectivity index (χ3v) is 4.98. The molecule has 0 spiro atoms. The maximum absolute atomic E-state index is 13.1. The Hall–Kier alpha value is -2.74. The number of carbonyl (C=O) groups is 1. The number of amides is 1. The fraction of sp³-hybridized carbons (Fsp3) is 0.444. The quantitative estimate of drug-likeness (QED) is 0.769. The molecule has 0 radical (unpaired) electrons. The minimum Gasteiger partial charge on any atom is -0.391 e. The maximum Gasteiger partial charge on any atom is 0.254 e. The van der Waals surface area contributed by atoms with Crippen molar-refractivity contribution < 1.29 is 14.4 Å². The van der Waals surface area contributed by atoms with Crippen LogP contribution in [-0.4, -0.2) is 48.3 Å². The second kappa shape index (κ2) is 6.21. The molecule has 1 aliphatic heterocycles. The molecule has 3 aromatic rings. The van der Waals surface area contributed by atoms with Gasteiger partial charge in [0.05, 0.1) is 17.1 Å². The summed E-state index contributed by atoms with van der Waals surface area (Å²) in [5, 5.41) is 14.0. The van der Waals surface area contributed by atoms with Gasteiger partial charge in [0.2, 0.25) is 5.89 Å². The Balaban J connectivity index is 1.68. The lowest BCUT2D eigenvalue weighted by Crippen LogP contribution is -2.32. The van der Waals surface area contributed by atoms with E-state index in [9.17, 15) is 9.90 Å². The Morgan fingerprint density at radius 1 is 1.38 bits per heavy atom. The number of fused-ring (bicyclic) bond motifs is 1. The van der Waals surface area contributed by atoms with Gasteiger partial charge in [-0.3, -0.25) is 4.79 Å². The predicted octanol–water partition coefficient (Wildman–Crippen LogP) is 1.78. The highest BCUT2D eigenvalue weighted by Crippen LogP contribution is 2.33. The van der Waals surface area contributed by atoms with Crippen molar-refractivity contribution in [2.45, 2.75) is 38.8 Å². The molecular formula is C18H21N5O3. The summed E-state index contributed by atoms with van der Waals surface area (Å²) in [6.45, 7) is 4.11. The summed E-state index contributed by atoms with van der Waals surface area (Å²) in [6.07, 6.45) is 0.441. The number of benzene rings is 1. The van der Waals surface area contributed by atoms with Gasteiger partial charge in [-0.2, -0.15) is 4.98 Å². The molecule has 2 aromatic heterocycles. The van der Waals surface area contributed by atoms with Gasteiger partial charge in [0.15, 0.2) is 5.82 Å². The number of aliphatic hydroxyl groups is 1. The molecule has 0 aliphatic carbocycles. The van der Waals surface area contributed by atoms with Gasteiger partial charge >= 0.3 is 0 Å². The summed E-state index contributed by atoms with van der Waals surface area (Å²) >= 11 is 0. The van der Waals surface area contributed by atoms with Gasteiger partial charge in [-0.1, -0.05) is 12.1 Å². The maximum atomic E-state index is 13.1. The largest absolute Gasteiger partial charge is 0.391 e. The smallest absolute Gasteiger partial charge is 0.254 e. The first-order valence-electron chi connectivity index (χ1n) is 8.72. The van der Waals surface area contributed by atoms with Gasteiger partial charge in [-0.25, -0.2) is 4.98 Å². The topological polar surface area (TPSA) is 97.3 Å². The molecule has 0 unspecified atom stereocenters. The lowest BCUT2D eigenvalue weighted by Gasteiger charge is -2.21.